The van der Waals surface area contributed by atoms with E-state index in [2.05, 4.69) is 16.1 Å². The van der Waals surface area contributed by atoms with E-state index >= 15 is 0 Å². The summed E-state index contributed by atoms with van der Waals surface area (Å²) in [4.78, 5) is 8.70. The van der Waals surface area contributed by atoms with Crippen LogP contribution in [0.15, 0.2) is 107 Å². The Labute approximate surface area is 198 Å². The van der Waals surface area contributed by atoms with Crippen LogP contribution < -0.4 is 9.64 Å². The van der Waals surface area contributed by atoms with Crippen LogP contribution in [0.2, 0.25) is 0 Å². The fourth-order valence-electron chi connectivity index (χ4n) is 3.84. The van der Waals surface area contributed by atoms with Gasteiger partial charge in [-0.1, -0.05) is 30.0 Å². The first-order valence-corrected chi connectivity index (χ1v) is 11.3. The Morgan fingerprint density at radius 1 is 0.735 bits per heavy atom. The van der Waals surface area contributed by atoms with Gasteiger partial charge in [-0.15, -0.1) is 0 Å². The fraction of sp³-hybridized carbons (Fsp3) is 0. The summed E-state index contributed by atoms with van der Waals surface area (Å²) >= 11 is 1.64. The van der Waals surface area contributed by atoms with E-state index in [4.69, 9.17) is 4.74 Å². The molecule has 6 rings (SSSR count). The molecule has 5 nitrogen and oxygen atoms in total. The van der Waals surface area contributed by atoms with Crippen molar-refractivity contribution in [2.75, 3.05) is 4.90 Å². The average Bonchev–Trinajstić information content (AvgIpc) is 3.39. The Morgan fingerprint density at radius 3 is 2.41 bits per heavy atom. The quantitative estimate of drug-likeness (QED) is 0.271. The van der Waals surface area contributed by atoms with Gasteiger partial charge in [0.1, 0.15) is 17.3 Å². The molecule has 0 aliphatic carbocycles. The Hall–Kier alpha value is -4.17. The summed E-state index contributed by atoms with van der Waals surface area (Å²) in [5, 5.41) is 4.03. The monoisotopic (exact) mass is 470 g/mol. The molecule has 0 saturated heterocycles. The van der Waals surface area contributed by atoms with Gasteiger partial charge in [0.05, 0.1) is 11.4 Å². The van der Waals surface area contributed by atoms with Crippen LogP contribution in [-0.2, 0) is 0 Å². The number of benzene rings is 3. The largest absolute Gasteiger partial charge is 0.454 e. The number of anilines is 3. The van der Waals surface area contributed by atoms with Gasteiger partial charge >= 0.3 is 0 Å². The van der Waals surface area contributed by atoms with E-state index < -0.39 is 11.6 Å². The third-order valence-corrected chi connectivity index (χ3v) is 6.49. The summed E-state index contributed by atoms with van der Waals surface area (Å²) in [5.41, 5.74) is 1.94. The number of rotatable bonds is 4. The molecule has 8 heteroatoms. The first-order valence-electron chi connectivity index (χ1n) is 10.5. The number of hydrogen-bond donors (Lipinski definition) is 0. The lowest BCUT2D eigenvalue weighted by Gasteiger charge is -2.32. The summed E-state index contributed by atoms with van der Waals surface area (Å²) in [5.74, 6) is -0.458. The number of ether oxygens (including phenoxy) is 1. The van der Waals surface area contributed by atoms with Gasteiger partial charge in [0.15, 0.2) is 17.4 Å². The van der Waals surface area contributed by atoms with Crippen LogP contribution in [0.4, 0.5) is 26.0 Å². The molecule has 1 aliphatic rings. The van der Waals surface area contributed by atoms with E-state index in [1.165, 1.54) is 16.9 Å². The molecule has 166 valence electrons. The zero-order valence-electron chi connectivity index (χ0n) is 17.6. The van der Waals surface area contributed by atoms with Crippen LogP contribution in [0.1, 0.15) is 0 Å². The molecule has 0 fully saturated rings. The van der Waals surface area contributed by atoms with Crippen molar-refractivity contribution in [2.45, 2.75) is 9.79 Å². The van der Waals surface area contributed by atoms with E-state index in [-0.39, 0.29) is 11.4 Å². The van der Waals surface area contributed by atoms with Crippen LogP contribution >= 0.6 is 11.8 Å². The molecule has 5 aromatic rings. The Kier molecular flexibility index (Phi) is 5.00. The predicted molar refractivity (Wildman–Crippen MR) is 127 cm³/mol. The van der Waals surface area contributed by atoms with E-state index in [9.17, 15) is 8.78 Å². The highest BCUT2D eigenvalue weighted by atomic mass is 32.2. The van der Waals surface area contributed by atoms with E-state index in [0.29, 0.717) is 5.75 Å². The van der Waals surface area contributed by atoms with Crippen molar-refractivity contribution in [1.29, 1.82) is 0 Å². The molecule has 34 heavy (non-hydrogen) atoms. The van der Waals surface area contributed by atoms with Gasteiger partial charge in [-0.25, -0.2) is 18.4 Å². The highest BCUT2D eigenvalue weighted by molar-refractivity contribution is 7.99. The first kappa shape index (κ1) is 20.4. The van der Waals surface area contributed by atoms with Crippen molar-refractivity contribution in [2.24, 2.45) is 0 Å². The predicted octanol–water partition coefficient (Wildman–Crippen LogP) is 7.27. The number of halogens is 2. The number of pyridine rings is 1. The minimum absolute atomic E-state index is 0.0963. The van der Waals surface area contributed by atoms with Crippen molar-refractivity contribution < 1.29 is 13.5 Å². The summed E-state index contributed by atoms with van der Waals surface area (Å²) in [6.07, 6.45) is 4.84. The van der Waals surface area contributed by atoms with Gasteiger partial charge in [-0.2, -0.15) is 5.10 Å². The zero-order valence-corrected chi connectivity index (χ0v) is 18.4. The molecule has 0 unspecified atom stereocenters. The molecule has 0 saturated carbocycles. The second-order valence-electron chi connectivity index (χ2n) is 7.51. The summed E-state index contributed by atoms with van der Waals surface area (Å²) < 4.78 is 36.2. The molecule has 0 bridgehead atoms. The van der Waals surface area contributed by atoms with E-state index in [0.717, 1.165) is 33.0 Å². The van der Waals surface area contributed by atoms with Crippen molar-refractivity contribution in [1.82, 2.24) is 14.8 Å². The smallest absolute Gasteiger partial charge is 0.168 e. The lowest BCUT2D eigenvalue weighted by atomic mass is 10.2. The van der Waals surface area contributed by atoms with Gasteiger partial charge in [-0.05, 0) is 42.5 Å². The standard InChI is InChI=1S/C26H16F2N4OS/c27-18-15-19(28)23(16-21(18)31-13-5-12-30-31)33-17-9-10-25-22(14-17)32(26-8-3-4-11-29-26)20-6-1-2-7-24(20)34-25/h1-16H. The topological polar surface area (TPSA) is 43.2 Å². The van der Waals surface area contributed by atoms with Gasteiger partial charge in [0, 0.05) is 46.6 Å². The molecule has 0 atom stereocenters. The third-order valence-electron chi connectivity index (χ3n) is 5.36. The number of fused-ring (bicyclic) bond motifs is 2. The molecule has 0 spiro atoms. The van der Waals surface area contributed by atoms with Gasteiger partial charge in [0.2, 0.25) is 0 Å². The maximum atomic E-state index is 14.6. The zero-order chi connectivity index (χ0) is 23.1. The molecule has 2 aromatic heterocycles. The summed E-state index contributed by atoms with van der Waals surface area (Å²) in [6, 6.07) is 23.1. The van der Waals surface area contributed by atoms with Crippen LogP contribution in [0.25, 0.3) is 5.69 Å². The van der Waals surface area contributed by atoms with Crippen LogP contribution in [0, 0.1) is 11.6 Å². The van der Waals surface area contributed by atoms with Crippen LogP contribution in [0.5, 0.6) is 11.5 Å². The molecule has 0 radical (unpaired) electrons. The summed E-state index contributed by atoms with van der Waals surface area (Å²) in [6.45, 7) is 0. The number of hydrogen-bond acceptors (Lipinski definition) is 5. The maximum Gasteiger partial charge on any atom is 0.168 e. The second kappa shape index (κ2) is 8.31. The third kappa shape index (κ3) is 3.58. The van der Waals surface area contributed by atoms with Crippen molar-refractivity contribution >= 4 is 29.0 Å². The maximum absolute atomic E-state index is 14.6. The Balaban J connectivity index is 1.42. The van der Waals surface area contributed by atoms with Gasteiger partial charge < -0.3 is 4.74 Å². The lowest BCUT2D eigenvalue weighted by molar-refractivity contribution is 0.436. The highest BCUT2D eigenvalue weighted by Crippen LogP contribution is 2.52. The van der Waals surface area contributed by atoms with Gasteiger partial charge in [-0.3, -0.25) is 4.90 Å². The SMILES string of the molecule is Fc1cc(F)c(-n2cccn2)cc1Oc1ccc2c(c1)N(c1ccccn1)c1ccccc1S2. The fourth-order valence-corrected chi connectivity index (χ4v) is 4.88. The minimum atomic E-state index is -0.799. The molecule has 3 aromatic carbocycles. The first-order chi connectivity index (χ1) is 16.7. The number of aromatic nitrogens is 3. The molecular formula is C26H16F2N4OS. The molecular weight excluding hydrogens is 454 g/mol. The Bertz CT molecular complexity index is 1490. The van der Waals surface area contributed by atoms with E-state index in [1.54, 1.807) is 36.3 Å². The molecule has 1 aliphatic heterocycles. The molecule has 3 heterocycles. The normalized spacial score (nSPS) is 12.2. The average molecular weight is 471 g/mol. The molecule has 0 N–H and O–H groups in total. The van der Waals surface area contributed by atoms with Crippen molar-refractivity contribution in [3.8, 4) is 17.2 Å². The van der Waals surface area contributed by atoms with Crippen molar-refractivity contribution in [3.63, 3.8) is 0 Å². The van der Waals surface area contributed by atoms with Crippen LogP contribution in [0.3, 0.4) is 0 Å². The highest BCUT2D eigenvalue weighted by Gasteiger charge is 2.26. The number of para-hydroxylation sites is 1. The van der Waals surface area contributed by atoms with Crippen molar-refractivity contribution in [3.05, 3.63) is 109 Å². The second-order valence-corrected chi connectivity index (χ2v) is 8.59. The summed E-state index contributed by atoms with van der Waals surface area (Å²) in [7, 11) is 0. The Morgan fingerprint density at radius 2 is 1.59 bits per heavy atom. The lowest BCUT2D eigenvalue weighted by Crippen LogP contribution is -2.15. The molecule has 0 amide bonds. The minimum Gasteiger partial charge on any atom is -0.454 e. The van der Waals surface area contributed by atoms with Gasteiger partial charge in [0.25, 0.3) is 0 Å². The van der Waals surface area contributed by atoms with E-state index in [1.807, 2.05) is 53.4 Å². The van der Waals surface area contributed by atoms with Crippen LogP contribution in [-0.4, -0.2) is 14.8 Å². The number of nitrogens with zero attached hydrogens (tertiary/aromatic N) is 4.